The van der Waals surface area contributed by atoms with Gasteiger partial charge < -0.3 is 10.2 Å². The van der Waals surface area contributed by atoms with E-state index in [0.29, 0.717) is 5.92 Å². The van der Waals surface area contributed by atoms with Crippen molar-refractivity contribution in [2.45, 2.75) is 124 Å². The summed E-state index contributed by atoms with van der Waals surface area (Å²) in [7, 11) is 0. The van der Waals surface area contributed by atoms with Crippen molar-refractivity contribution in [1.29, 1.82) is 0 Å². The largest absolute Gasteiger partial charge is 0.393 e. The molecule has 0 amide bonds. The van der Waals surface area contributed by atoms with Crippen molar-refractivity contribution < 1.29 is 10.2 Å². The average Bonchev–Trinajstić information content (AvgIpc) is 2.58. The molecule has 27 heavy (non-hydrogen) atoms. The van der Waals surface area contributed by atoms with Gasteiger partial charge in [0.1, 0.15) is 0 Å². The lowest BCUT2D eigenvalue weighted by Gasteiger charge is -2.20. The molecule has 0 rings (SSSR count). The maximum absolute atomic E-state index is 10.4. The topological polar surface area (TPSA) is 40.5 Å². The molecule has 0 aliphatic carbocycles. The smallest absolute Gasteiger partial charge is 0.0600 e. The molecule has 0 aromatic carbocycles. The maximum Gasteiger partial charge on any atom is 0.0600 e. The first-order chi connectivity index (χ1) is 12.5. The highest BCUT2D eigenvalue weighted by molar-refractivity contribution is 4.90. The van der Waals surface area contributed by atoms with E-state index >= 15 is 0 Å². The van der Waals surface area contributed by atoms with Gasteiger partial charge in [-0.25, -0.2) is 0 Å². The van der Waals surface area contributed by atoms with Gasteiger partial charge in [0.05, 0.1) is 11.7 Å². The van der Waals surface area contributed by atoms with Gasteiger partial charge in [-0.1, -0.05) is 85.3 Å². The Morgan fingerprint density at radius 2 is 1.37 bits per heavy atom. The average molecular weight is 383 g/mol. The zero-order chi connectivity index (χ0) is 20.9. The van der Waals surface area contributed by atoms with Gasteiger partial charge in [0, 0.05) is 0 Å². The molecule has 0 spiro atoms. The van der Waals surface area contributed by atoms with Crippen LogP contribution in [0.4, 0.5) is 0 Å². The molecular formula is C25H50O2. The Labute approximate surface area is 170 Å². The molecule has 162 valence electrons. The molecule has 2 nitrogen and oxygen atoms in total. The van der Waals surface area contributed by atoms with Crippen molar-refractivity contribution in [3.8, 4) is 0 Å². The van der Waals surface area contributed by atoms with Gasteiger partial charge in [-0.15, -0.1) is 0 Å². The molecule has 0 radical (unpaired) electrons. The second kappa shape index (κ2) is 14.6. The van der Waals surface area contributed by atoms with E-state index in [-0.39, 0.29) is 12.0 Å². The van der Waals surface area contributed by atoms with Crippen molar-refractivity contribution in [2.24, 2.45) is 23.7 Å². The number of hydrogen-bond acceptors (Lipinski definition) is 2. The summed E-state index contributed by atoms with van der Waals surface area (Å²) in [5.41, 5.74) is -0.518. The third kappa shape index (κ3) is 16.3. The minimum Gasteiger partial charge on any atom is -0.393 e. The summed E-state index contributed by atoms with van der Waals surface area (Å²) in [6, 6.07) is 0. The van der Waals surface area contributed by atoms with Gasteiger partial charge in [0.15, 0.2) is 0 Å². The molecule has 0 aromatic heterocycles. The van der Waals surface area contributed by atoms with E-state index in [2.05, 4.69) is 46.8 Å². The highest BCUT2D eigenvalue weighted by atomic mass is 16.3. The normalized spacial score (nSPS) is 18.4. The quantitative estimate of drug-likeness (QED) is 0.278. The summed E-state index contributed by atoms with van der Waals surface area (Å²) < 4.78 is 0. The van der Waals surface area contributed by atoms with Crippen LogP contribution < -0.4 is 0 Å². The predicted octanol–water partition coefficient (Wildman–Crippen LogP) is 7.14. The van der Waals surface area contributed by atoms with Crippen LogP contribution in [0.5, 0.6) is 0 Å². The zero-order valence-electron chi connectivity index (χ0n) is 19.5. The van der Waals surface area contributed by atoms with Crippen LogP contribution in [0.3, 0.4) is 0 Å². The van der Waals surface area contributed by atoms with Crippen LogP contribution in [-0.2, 0) is 0 Å². The van der Waals surface area contributed by atoms with Crippen LogP contribution in [0.1, 0.15) is 113 Å². The number of allylic oxidation sites excluding steroid dienone is 1. The van der Waals surface area contributed by atoms with Crippen molar-refractivity contribution >= 4 is 0 Å². The third-order valence-electron chi connectivity index (χ3n) is 6.12. The fourth-order valence-corrected chi connectivity index (χ4v) is 3.53. The standard InChI is InChI=1S/C25H50O2/c1-8-20(2)12-10-16-23(5)24(26)18-17-22(4)14-9-13-21(3)15-11-19-25(6,7)27/h10,16,20-24,26-27H,8-9,11-15,17-19H2,1-7H3/b16-10+. The Kier molecular flexibility index (Phi) is 14.4. The summed E-state index contributed by atoms with van der Waals surface area (Å²) in [4.78, 5) is 0. The molecule has 0 bridgehead atoms. The molecule has 0 saturated carbocycles. The van der Waals surface area contributed by atoms with E-state index in [1.807, 2.05) is 13.8 Å². The van der Waals surface area contributed by atoms with Gasteiger partial charge in [-0.3, -0.25) is 0 Å². The van der Waals surface area contributed by atoms with Gasteiger partial charge in [0.2, 0.25) is 0 Å². The first-order valence-corrected chi connectivity index (χ1v) is 11.6. The highest BCUT2D eigenvalue weighted by Gasteiger charge is 2.15. The Morgan fingerprint density at radius 1 is 0.815 bits per heavy atom. The first-order valence-electron chi connectivity index (χ1n) is 11.6. The molecule has 5 atom stereocenters. The van der Waals surface area contributed by atoms with Gasteiger partial charge in [-0.2, -0.15) is 0 Å². The van der Waals surface area contributed by atoms with Crippen molar-refractivity contribution in [3.05, 3.63) is 12.2 Å². The molecule has 0 aliphatic heterocycles. The molecule has 0 aliphatic rings. The Bertz CT molecular complexity index is 369. The van der Waals surface area contributed by atoms with E-state index in [4.69, 9.17) is 0 Å². The molecule has 5 unspecified atom stereocenters. The van der Waals surface area contributed by atoms with Gasteiger partial charge >= 0.3 is 0 Å². The van der Waals surface area contributed by atoms with Crippen LogP contribution in [-0.4, -0.2) is 21.9 Å². The summed E-state index contributed by atoms with van der Waals surface area (Å²) in [6.45, 7) is 15.1. The van der Waals surface area contributed by atoms with E-state index in [9.17, 15) is 10.2 Å². The second-order valence-corrected chi connectivity index (χ2v) is 10.0. The molecule has 2 N–H and O–H groups in total. The van der Waals surface area contributed by atoms with Crippen LogP contribution in [0.2, 0.25) is 0 Å². The van der Waals surface area contributed by atoms with Gasteiger partial charge in [0.25, 0.3) is 0 Å². The molecule has 0 fully saturated rings. The van der Waals surface area contributed by atoms with Crippen molar-refractivity contribution in [3.63, 3.8) is 0 Å². The van der Waals surface area contributed by atoms with Crippen LogP contribution in [0.25, 0.3) is 0 Å². The minimum absolute atomic E-state index is 0.207. The van der Waals surface area contributed by atoms with E-state index < -0.39 is 5.60 Å². The fourth-order valence-electron chi connectivity index (χ4n) is 3.53. The van der Waals surface area contributed by atoms with Crippen molar-refractivity contribution in [1.82, 2.24) is 0 Å². The molecule has 0 heterocycles. The van der Waals surface area contributed by atoms with Crippen LogP contribution >= 0.6 is 0 Å². The maximum atomic E-state index is 10.4. The number of aliphatic hydroxyl groups is 2. The molecule has 2 heteroatoms. The zero-order valence-corrected chi connectivity index (χ0v) is 19.5. The monoisotopic (exact) mass is 382 g/mol. The highest BCUT2D eigenvalue weighted by Crippen LogP contribution is 2.23. The molecule has 0 saturated heterocycles. The fraction of sp³-hybridized carbons (Fsp3) is 0.920. The SMILES string of the molecule is CCC(C)C/C=C/C(C)C(O)CCC(C)CCCC(C)CCCC(C)(C)O. The summed E-state index contributed by atoms with van der Waals surface area (Å²) in [6.07, 6.45) is 15.7. The summed E-state index contributed by atoms with van der Waals surface area (Å²) in [5.74, 6) is 2.44. The predicted molar refractivity (Wildman–Crippen MR) is 120 cm³/mol. The minimum atomic E-state index is -0.518. The lowest BCUT2D eigenvalue weighted by atomic mass is 9.90. The number of hydrogen-bond donors (Lipinski definition) is 2. The Balaban J connectivity index is 3.84. The Hall–Kier alpha value is -0.340. The number of rotatable bonds is 16. The van der Waals surface area contributed by atoms with Gasteiger partial charge in [-0.05, 0) is 63.2 Å². The summed E-state index contributed by atoms with van der Waals surface area (Å²) in [5, 5.41) is 20.2. The van der Waals surface area contributed by atoms with E-state index in [1.165, 1.54) is 32.1 Å². The Morgan fingerprint density at radius 3 is 1.93 bits per heavy atom. The lowest BCUT2D eigenvalue weighted by Crippen LogP contribution is -2.18. The lowest BCUT2D eigenvalue weighted by molar-refractivity contribution is 0.0668. The molecule has 0 aromatic rings. The van der Waals surface area contributed by atoms with E-state index in [1.54, 1.807) is 0 Å². The van der Waals surface area contributed by atoms with Crippen molar-refractivity contribution in [2.75, 3.05) is 0 Å². The number of aliphatic hydroxyl groups excluding tert-OH is 1. The van der Waals surface area contributed by atoms with Crippen LogP contribution in [0, 0.1) is 23.7 Å². The molecular weight excluding hydrogens is 332 g/mol. The third-order valence-corrected chi connectivity index (χ3v) is 6.12. The second-order valence-electron chi connectivity index (χ2n) is 10.0. The first kappa shape index (κ1) is 26.7. The van der Waals surface area contributed by atoms with E-state index in [0.717, 1.165) is 43.9 Å². The summed E-state index contributed by atoms with van der Waals surface area (Å²) >= 11 is 0. The van der Waals surface area contributed by atoms with Crippen LogP contribution in [0.15, 0.2) is 12.2 Å².